The van der Waals surface area contributed by atoms with Crippen LogP contribution in [0, 0.1) is 5.92 Å². The smallest absolute Gasteiger partial charge is 0.161 e. The first-order valence-corrected chi connectivity index (χ1v) is 5.45. The van der Waals surface area contributed by atoms with Gasteiger partial charge in [-0.05, 0) is 42.9 Å². The average molecular weight is 200 g/mol. The number of hydrogen-bond acceptors (Lipinski definition) is 1. The van der Waals surface area contributed by atoms with Crippen LogP contribution in [0.2, 0.25) is 0 Å². The summed E-state index contributed by atoms with van der Waals surface area (Å²) < 4.78 is 0. The van der Waals surface area contributed by atoms with Crippen LogP contribution in [0.3, 0.4) is 0 Å². The van der Waals surface area contributed by atoms with Crippen molar-refractivity contribution in [2.24, 2.45) is 5.92 Å². The minimum Gasteiger partial charge on any atom is -0.294 e. The molecule has 1 aliphatic rings. The second-order valence-corrected chi connectivity index (χ2v) is 4.35. The Bertz CT molecular complexity index is 404. The van der Waals surface area contributed by atoms with Gasteiger partial charge >= 0.3 is 0 Å². The molecule has 1 unspecified atom stereocenters. The van der Waals surface area contributed by atoms with Gasteiger partial charge < -0.3 is 0 Å². The molecule has 1 nitrogen and oxygen atoms in total. The van der Waals surface area contributed by atoms with Gasteiger partial charge in [0.15, 0.2) is 5.78 Å². The molecule has 0 N–H and O–H groups in total. The number of fused-ring (bicyclic) bond motifs is 1. The molecule has 0 amide bonds. The molecule has 1 aliphatic carbocycles. The summed E-state index contributed by atoms with van der Waals surface area (Å²) in [6, 6.07) is 8.41. The zero-order valence-corrected chi connectivity index (χ0v) is 9.12. The Morgan fingerprint density at radius 1 is 1.33 bits per heavy atom. The van der Waals surface area contributed by atoms with Crippen molar-refractivity contribution in [1.82, 2.24) is 0 Å². The van der Waals surface area contributed by atoms with Gasteiger partial charge in [0, 0.05) is 5.92 Å². The molecular formula is C14H16O. The fourth-order valence-electron chi connectivity index (χ4n) is 2.27. The van der Waals surface area contributed by atoms with Gasteiger partial charge in [0.05, 0.1) is 0 Å². The summed E-state index contributed by atoms with van der Waals surface area (Å²) in [6.45, 7) is 5.55. The molecule has 0 saturated heterocycles. The molecule has 15 heavy (non-hydrogen) atoms. The molecule has 2 rings (SSSR count). The average Bonchev–Trinajstić information content (AvgIpc) is 2.27. The highest BCUT2D eigenvalue weighted by molar-refractivity contribution is 5.96. The number of carbonyl (C=O) groups is 1. The quantitative estimate of drug-likeness (QED) is 0.671. The molecule has 0 heterocycles. The van der Waals surface area contributed by atoms with E-state index in [1.54, 1.807) is 0 Å². The molecule has 0 aromatic heterocycles. The number of Topliss-reactive ketones (excluding diaryl/α,β-unsaturated/α-hetero) is 1. The van der Waals surface area contributed by atoms with E-state index in [1.165, 1.54) is 11.1 Å². The van der Waals surface area contributed by atoms with Gasteiger partial charge in [-0.1, -0.05) is 30.8 Å². The number of aryl methyl sites for hydroxylation is 1. The minimum absolute atomic E-state index is 0.164. The minimum atomic E-state index is 0.164. The normalized spacial score (nSPS) is 19.4. The van der Waals surface area contributed by atoms with Crippen LogP contribution >= 0.6 is 0 Å². The molecule has 0 radical (unpaired) electrons. The van der Waals surface area contributed by atoms with E-state index in [1.807, 2.05) is 13.0 Å². The number of benzene rings is 1. The first kappa shape index (κ1) is 10.2. The van der Waals surface area contributed by atoms with Gasteiger partial charge in [0.2, 0.25) is 0 Å². The SMILES string of the molecule is C=C(C)C(=O)C1CCc2ccccc2C1. The Morgan fingerprint density at radius 3 is 2.67 bits per heavy atom. The van der Waals surface area contributed by atoms with E-state index in [9.17, 15) is 4.79 Å². The lowest BCUT2D eigenvalue weighted by molar-refractivity contribution is -0.119. The Kier molecular flexibility index (Phi) is 2.72. The second-order valence-electron chi connectivity index (χ2n) is 4.35. The lowest BCUT2D eigenvalue weighted by Crippen LogP contribution is -2.22. The molecule has 0 saturated carbocycles. The Morgan fingerprint density at radius 2 is 2.00 bits per heavy atom. The summed E-state index contributed by atoms with van der Waals surface area (Å²) in [5, 5.41) is 0. The van der Waals surface area contributed by atoms with Crippen molar-refractivity contribution in [3.8, 4) is 0 Å². The van der Waals surface area contributed by atoms with E-state index in [4.69, 9.17) is 0 Å². The second kappa shape index (κ2) is 4.01. The number of hydrogen-bond donors (Lipinski definition) is 0. The van der Waals surface area contributed by atoms with Crippen LogP contribution in [0.5, 0.6) is 0 Å². The van der Waals surface area contributed by atoms with E-state index in [-0.39, 0.29) is 11.7 Å². The number of rotatable bonds is 2. The van der Waals surface area contributed by atoms with Crippen molar-refractivity contribution >= 4 is 5.78 Å². The first-order valence-electron chi connectivity index (χ1n) is 5.45. The maximum Gasteiger partial charge on any atom is 0.161 e. The third-order valence-corrected chi connectivity index (χ3v) is 3.14. The van der Waals surface area contributed by atoms with Crippen molar-refractivity contribution in [2.45, 2.75) is 26.2 Å². The van der Waals surface area contributed by atoms with Crippen LogP contribution in [0.1, 0.15) is 24.5 Å². The van der Waals surface area contributed by atoms with Crippen LogP contribution in [0.4, 0.5) is 0 Å². The predicted octanol–water partition coefficient (Wildman–Crippen LogP) is 2.94. The largest absolute Gasteiger partial charge is 0.294 e. The van der Waals surface area contributed by atoms with Crippen LogP contribution < -0.4 is 0 Å². The van der Waals surface area contributed by atoms with Gasteiger partial charge in [-0.15, -0.1) is 0 Å². The topological polar surface area (TPSA) is 17.1 Å². The van der Waals surface area contributed by atoms with E-state index in [0.29, 0.717) is 5.57 Å². The summed E-state index contributed by atoms with van der Waals surface area (Å²) in [6.07, 6.45) is 2.89. The van der Waals surface area contributed by atoms with Crippen LogP contribution in [0.25, 0.3) is 0 Å². The van der Waals surface area contributed by atoms with Gasteiger partial charge in [-0.25, -0.2) is 0 Å². The highest BCUT2D eigenvalue weighted by Gasteiger charge is 2.24. The van der Waals surface area contributed by atoms with Crippen LogP contribution in [-0.2, 0) is 17.6 Å². The summed E-state index contributed by atoms with van der Waals surface area (Å²) in [7, 11) is 0. The molecule has 0 fully saturated rings. The van der Waals surface area contributed by atoms with Crippen LogP contribution in [-0.4, -0.2) is 5.78 Å². The Balaban J connectivity index is 2.19. The van der Waals surface area contributed by atoms with Gasteiger partial charge in [-0.2, -0.15) is 0 Å². The highest BCUT2D eigenvalue weighted by Crippen LogP contribution is 2.27. The number of ketones is 1. The van der Waals surface area contributed by atoms with Crippen LogP contribution in [0.15, 0.2) is 36.4 Å². The van der Waals surface area contributed by atoms with E-state index in [2.05, 4.69) is 24.8 Å². The monoisotopic (exact) mass is 200 g/mol. The zero-order chi connectivity index (χ0) is 10.8. The maximum atomic E-state index is 11.8. The van der Waals surface area contributed by atoms with Crippen molar-refractivity contribution in [2.75, 3.05) is 0 Å². The van der Waals surface area contributed by atoms with E-state index in [0.717, 1.165) is 19.3 Å². The van der Waals surface area contributed by atoms with Gasteiger partial charge in [0.1, 0.15) is 0 Å². The summed E-state index contributed by atoms with van der Waals surface area (Å²) >= 11 is 0. The summed E-state index contributed by atoms with van der Waals surface area (Å²) in [5.41, 5.74) is 3.44. The number of carbonyl (C=O) groups excluding carboxylic acids is 1. The summed E-state index contributed by atoms with van der Waals surface area (Å²) in [5.74, 6) is 0.405. The highest BCUT2D eigenvalue weighted by atomic mass is 16.1. The first-order chi connectivity index (χ1) is 7.18. The van der Waals surface area contributed by atoms with E-state index >= 15 is 0 Å². The lowest BCUT2D eigenvalue weighted by atomic mass is 9.80. The van der Waals surface area contributed by atoms with Gasteiger partial charge in [-0.3, -0.25) is 4.79 Å². The van der Waals surface area contributed by atoms with Gasteiger partial charge in [0.25, 0.3) is 0 Å². The van der Waals surface area contributed by atoms with Crippen molar-refractivity contribution < 1.29 is 4.79 Å². The molecule has 1 heteroatoms. The molecule has 0 aliphatic heterocycles. The molecule has 1 aromatic carbocycles. The van der Waals surface area contributed by atoms with Crippen molar-refractivity contribution in [1.29, 1.82) is 0 Å². The lowest BCUT2D eigenvalue weighted by Gasteiger charge is -2.23. The zero-order valence-electron chi connectivity index (χ0n) is 9.12. The third-order valence-electron chi connectivity index (χ3n) is 3.14. The fourth-order valence-corrected chi connectivity index (χ4v) is 2.27. The Labute approximate surface area is 90.8 Å². The fraction of sp³-hybridized carbons (Fsp3) is 0.357. The molecule has 78 valence electrons. The molecule has 0 bridgehead atoms. The molecule has 0 spiro atoms. The number of allylic oxidation sites excluding steroid dienone is 1. The Hall–Kier alpha value is -1.37. The van der Waals surface area contributed by atoms with E-state index < -0.39 is 0 Å². The summed E-state index contributed by atoms with van der Waals surface area (Å²) in [4.78, 5) is 11.8. The molecular weight excluding hydrogens is 184 g/mol. The molecule has 1 aromatic rings. The van der Waals surface area contributed by atoms with Crippen molar-refractivity contribution in [3.63, 3.8) is 0 Å². The maximum absolute atomic E-state index is 11.8. The third kappa shape index (κ3) is 2.01. The standard InChI is InChI=1S/C14H16O/c1-10(2)14(15)13-8-7-11-5-3-4-6-12(11)9-13/h3-6,13H,1,7-9H2,2H3. The molecule has 1 atom stereocenters. The predicted molar refractivity (Wildman–Crippen MR) is 61.8 cm³/mol. The van der Waals surface area contributed by atoms with Crippen molar-refractivity contribution in [3.05, 3.63) is 47.5 Å².